The number of hydrogen-bond donors (Lipinski definition) is 1. The average Bonchev–Trinajstić information content (AvgIpc) is 2.41. The highest BCUT2D eigenvalue weighted by Gasteiger charge is 2.17. The standard InChI is InChI=1S/C16H19NO3S/c1-4-13-14(9-6-10-15(13)21(17,18)19)20-16-11(2)7-5-8-12(16)3/h5-10H,4H2,1-3H3,(H2,17,18,19). The Balaban J connectivity index is 2.56. The predicted octanol–water partition coefficient (Wildman–Crippen LogP) is 3.31. The molecule has 0 aliphatic rings. The van der Waals surface area contributed by atoms with Gasteiger partial charge >= 0.3 is 0 Å². The number of para-hydroxylation sites is 1. The Kier molecular flexibility index (Phi) is 4.34. The molecule has 0 aliphatic carbocycles. The molecule has 0 saturated heterocycles. The van der Waals surface area contributed by atoms with E-state index in [1.165, 1.54) is 6.07 Å². The molecule has 2 aromatic rings. The van der Waals surface area contributed by atoms with Gasteiger partial charge in [0.25, 0.3) is 0 Å². The normalized spacial score (nSPS) is 11.4. The summed E-state index contributed by atoms with van der Waals surface area (Å²) < 4.78 is 29.3. The van der Waals surface area contributed by atoms with Gasteiger partial charge < -0.3 is 4.74 Å². The van der Waals surface area contributed by atoms with Gasteiger partial charge in [0.2, 0.25) is 10.0 Å². The Bertz CT molecular complexity index is 747. The van der Waals surface area contributed by atoms with Gasteiger partial charge in [0, 0.05) is 5.56 Å². The Morgan fingerprint density at radius 1 is 1.05 bits per heavy atom. The number of sulfonamides is 1. The van der Waals surface area contributed by atoms with Crippen molar-refractivity contribution in [1.29, 1.82) is 0 Å². The third-order valence-electron chi connectivity index (χ3n) is 3.37. The summed E-state index contributed by atoms with van der Waals surface area (Å²) >= 11 is 0. The topological polar surface area (TPSA) is 69.4 Å². The zero-order chi connectivity index (χ0) is 15.6. The minimum atomic E-state index is -3.76. The van der Waals surface area contributed by atoms with E-state index in [9.17, 15) is 8.42 Å². The molecule has 4 nitrogen and oxygen atoms in total. The summed E-state index contributed by atoms with van der Waals surface area (Å²) in [7, 11) is -3.76. The van der Waals surface area contributed by atoms with Crippen molar-refractivity contribution in [2.24, 2.45) is 5.14 Å². The van der Waals surface area contributed by atoms with Crippen LogP contribution in [-0.4, -0.2) is 8.42 Å². The van der Waals surface area contributed by atoms with Gasteiger partial charge in [-0.1, -0.05) is 31.2 Å². The van der Waals surface area contributed by atoms with Crippen molar-refractivity contribution in [1.82, 2.24) is 0 Å². The van der Waals surface area contributed by atoms with Crippen LogP contribution >= 0.6 is 0 Å². The van der Waals surface area contributed by atoms with Crippen molar-refractivity contribution in [3.8, 4) is 11.5 Å². The van der Waals surface area contributed by atoms with Gasteiger partial charge in [-0.05, 0) is 43.5 Å². The third kappa shape index (κ3) is 3.25. The Morgan fingerprint density at radius 3 is 2.14 bits per heavy atom. The molecule has 0 amide bonds. The molecule has 0 unspecified atom stereocenters. The van der Waals surface area contributed by atoms with Crippen LogP contribution in [-0.2, 0) is 16.4 Å². The zero-order valence-electron chi connectivity index (χ0n) is 12.4. The van der Waals surface area contributed by atoms with Crippen LogP contribution in [0, 0.1) is 13.8 Å². The Labute approximate surface area is 125 Å². The van der Waals surface area contributed by atoms with Crippen LogP contribution in [0.3, 0.4) is 0 Å². The smallest absolute Gasteiger partial charge is 0.238 e. The number of rotatable bonds is 4. The van der Waals surface area contributed by atoms with Crippen LogP contribution in [0.2, 0.25) is 0 Å². The van der Waals surface area contributed by atoms with Crippen molar-refractivity contribution in [3.05, 3.63) is 53.1 Å². The molecule has 0 radical (unpaired) electrons. The second-order valence-electron chi connectivity index (χ2n) is 4.95. The van der Waals surface area contributed by atoms with E-state index in [1.807, 2.05) is 39.0 Å². The minimum absolute atomic E-state index is 0.119. The molecule has 2 rings (SSSR count). The lowest BCUT2D eigenvalue weighted by Crippen LogP contribution is -2.14. The SMILES string of the molecule is CCc1c(Oc2c(C)cccc2C)cccc1S(N)(=O)=O. The second-order valence-corrected chi connectivity index (χ2v) is 6.48. The van der Waals surface area contributed by atoms with Gasteiger partial charge in [-0.2, -0.15) is 0 Å². The third-order valence-corrected chi connectivity index (χ3v) is 4.37. The highest BCUT2D eigenvalue weighted by atomic mass is 32.2. The van der Waals surface area contributed by atoms with Gasteiger partial charge in [-0.3, -0.25) is 0 Å². The first-order chi connectivity index (χ1) is 9.84. The molecule has 0 aliphatic heterocycles. The minimum Gasteiger partial charge on any atom is -0.456 e. The van der Waals surface area contributed by atoms with Crippen LogP contribution < -0.4 is 9.88 Å². The molecule has 2 aromatic carbocycles. The van der Waals surface area contributed by atoms with Crippen molar-refractivity contribution in [2.75, 3.05) is 0 Å². The molecule has 5 heteroatoms. The number of ether oxygens (including phenoxy) is 1. The number of benzene rings is 2. The van der Waals surface area contributed by atoms with Crippen molar-refractivity contribution < 1.29 is 13.2 Å². The number of primary sulfonamides is 1. The molecule has 0 fully saturated rings. The lowest BCUT2D eigenvalue weighted by Gasteiger charge is -2.16. The van der Waals surface area contributed by atoms with Crippen LogP contribution in [0.15, 0.2) is 41.3 Å². The van der Waals surface area contributed by atoms with E-state index >= 15 is 0 Å². The maximum Gasteiger partial charge on any atom is 0.238 e. The summed E-state index contributed by atoms with van der Waals surface area (Å²) in [5.41, 5.74) is 2.60. The number of nitrogens with two attached hydrogens (primary N) is 1. The van der Waals surface area contributed by atoms with Gasteiger partial charge in [0.15, 0.2) is 0 Å². The highest BCUT2D eigenvalue weighted by Crippen LogP contribution is 2.33. The summed E-state index contributed by atoms with van der Waals surface area (Å²) in [6, 6.07) is 10.8. The molecule has 112 valence electrons. The molecule has 0 saturated carbocycles. The zero-order valence-corrected chi connectivity index (χ0v) is 13.2. The quantitative estimate of drug-likeness (QED) is 0.942. The number of aryl methyl sites for hydroxylation is 2. The summed E-state index contributed by atoms with van der Waals surface area (Å²) in [6.07, 6.45) is 0.521. The number of hydrogen-bond acceptors (Lipinski definition) is 3. The van der Waals surface area contributed by atoms with E-state index in [0.29, 0.717) is 17.7 Å². The van der Waals surface area contributed by atoms with Crippen molar-refractivity contribution in [2.45, 2.75) is 32.1 Å². The lowest BCUT2D eigenvalue weighted by molar-refractivity contribution is 0.467. The fourth-order valence-electron chi connectivity index (χ4n) is 2.33. The summed E-state index contributed by atoms with van der Waals surface area (Å²) in [4.78, 5) is 0.119. The largest absolute Gasteiger partial charge is 0.456 e. The molecule has 0 heterocycles. The fraction of sp³-hybridized carbons (Fsp3) is 0.250. The molecular formula is C16H19NO3S. The maximum absolute atomic E-state index is 11.7. The molecular weight excluding hydrogens is 286 g/mol. The molecule has 0 spiro atoms. The highest BCUT2D eigenvalue weighted by molar-refractivity contribution is 7.89. The van der Waals surface area contributed by atoms with E-state index < -0.39 is 10.0 Å². The predicted molar refractivity (Wildman–Crippen MR) is 83.2 cm³/mol. The molecule has 21 heavy (non-hydrogen) atoms. The molecule has 2 N–H and O–H groups in total. The first-order valence-corrected chi connectivity index (χ1v) is 8.28. The first kappa shape index (κ1) is 15.5. The van der Waals surface area contributed by atoms with Crippen LogP contribution in [0.4, 0.5) is 0 Å². The van der Waals surface area contributed by atoms with Gasteiger partial charge in [-0.15, -0.1) is 0 Å². The monoisotopic (exact) mass is 305 g/mol. The van der Waals surface area contributed by atoms with Gasteiger partial charge in [0.05, 0.1) is 4.90 Å². The fourth-order valence-corrected chi connectivity index (χ4v) is 3.18. The molecule has 0 bridgehead atoms. The van der Waals surface area contributed by atoms with Crippen molar-refractivity contribution in [3.63, 3.8) is 0 Å². The average molecular weight is 305 g/mol. The van der Waals surface area contributed by atoms with Crippen molar-refractivity contribution >= 4 is 10.0 Å². The Morgan fingerprint density at radius 2 is 1.62 bits per heavy atom. The van der Waals surface area contributed by atoms with Crippen LogP contribution in [0.1, 0.15) is 23.6 Å². The summed E-state index contributed by atoms with van der Waals surface area (Å²) in [6.45, 7) is 5.79. The van der Waals surface area contributed by atoms with Gasteiger partial charge in [-0.25, -0.2) is 13.6 Å². The van der Waals surface area contributed by atoms with E-state index in [2.05, 4.69) is 0 Å². The lowest BCUT2D eigenvalue weighted by atomic mass is 10.1. The molecule has 0 atom stereocenters. The van der Waals surface area contributed by atoms with Gasteiger partial charge in [0.1, 0.15) is 11.5 Å². The first-order valence-electron chi connectivity index (χ1n) is 6.73. The maximum atomic E-state index is 11.7. The van der Waals surface area contributed by atoms with E-state index in [4.69, 9.17) is 9.88 Å². The molecule has 0 aromatic heterocycles. The van der Waals surface area contributed by atoms with Crippen LogP contribution in [0.5, 0.6) is 11.5 Å². The summed E-state index contributed by atoms with van der Waals surface area (Å²) in [5.74, 6) is 1.28. The Hall–Kier alpha value is -1.85. The summed E-state index contributed by atoms with van der Waals surface area (Å²) in [5, 5.41) is 5.27. The van der Waals surface area contributed by atoms with Crippen LogP contribution in [0.25, 0.3) is 0 Å². The van der Waals surface area contributed by atoms with E-state index in [-0.39, 0.29) is 4.90 Å². The second kappa shape index (κ2) is 5.87. The van der Waals surface area contributed by atoms with E-state index in [1.54, 1.807) is 12.1 Å². The van der Waals surface area contributed by atoms with E-state index in [0.717, 1.165) is 16.9 Å².